The smallest absolute Gasteiger partial charge is 0.319 e. The van der Waals surface area contributed by atoms with E-state index in [-0.39, 0.29) is 16.8 Å². The largest absolute Gasteiger partial charge is 0.449 e. The van der Waals surface area contributed by atoms with Crippen molar-refractivity contribution < 1.29 is 17.6 Å². The molecule has 152 valence electrons. The first-order valence-corrected chi connectivity index (χ1v) is 10.7. The summed E-state index contributed by atoms with van der Waals surface area (Å²) in [6, 6.07) is 6.58. The van der Waals surface area contributed by atoms with Gasteiger partial charge in [0.25, 0.3) is 0 Å². The summed E-state index contributed by atoms with van der Waals surface area (Å²) >= 11 is 0. The molecule has 0 atom stereocenters. The number of nitrogens with zero attached hydrogens (tertiary/aromatic N) is 3. The van der Waals surface area contributed by atoms with Crippen LogP contribution in [0.1, 0.15) is 18.7 Å². The summed E-state index contributed by atoms with van der Waals surface area (Å²) in [7, 11) is -0.112. The molecular weight excluding hydrogens is 380 g/mol. The maximum atomic E-state index is 12.6. The number of aryl methyl sites for hydroxylation is 1. The van der Waals surface area contributed by atoms with E-state index in [1.807, 2.05) is 0 Å². The molecule has 0 aliphatic carbocycles. The quantitative estimate of drug-likeness (QED) is 0.822. The number of carbonyl (C=O) groups is 1. The van der Waals surface area contributed by atoms with Gasteiger partial charge in [0.15, 0.2) is 5.89 Å². The zero-order valence-electron chi connectivity index (χ0n) is 16.4. The molecule has 0 bridgehead atoms. The van der Waals surface area contributed by atoms with E-state index in [9.17, 15) is 13.2 Å². The Labute approximate surface area is 165 Å². The number of hydrogen-bond acceptors (Lipinski definition) is 5. The summed E-state index contributed by atoms with van der Waals surface area (Å²) in [6.07, 6.45) is 3.11. The fraction of sp³-hybridized carbons (Fsp3) is 0.474. The van der Waals surface area contributed by atoms with E-state index in [1.54, 1.807) is 61.3 Å². The van der Waals surface area contributed by atoms with Crippen molar-refractivity contribution in [3.8, 4) is 11.3 Å². The summed E-state index contributed by atoms with van der Waals surface area (Å²) in [6.45, 7) is 3.42. The minimum atomic E-state index is -3.58. The van der Waals surface area contributed by atoms with Gasteiger partial charge in [0.05, 0.1) is 4.90 Å². The first-order valence-electron chi connectivity index (χ1n) is 9.25. The molecule has 1 saturated heterocycles. The van der Waals surface area contributed by atoms with Crippen molar-refractivity contribution in [1.82, 2.24) is 19.5 Å². The van der Waals surface area contributed by atoms with Crippen LogP contribution in [0.5, 0.6) is 0 Å². The summed E-state index contributed by atoms with van der Waals surface area (Å²) in [5, 5.41) is 0. The van der Waals surface area contributed by atoms with Crippen LogP contribution in [0.4, 0.5) is 4.79 Å². The van der Waals surface area contributed by atoms with Crippen LogP contribution in [-0.4, -0.2) is 63.0 Å². The van der Waals surface area contributed by atoms with Crippen LogP contribution in [0.2, 0.25) is 0 Å². The molecule has 8 nitrogen and oxygen atoms in total. The van der Waals surface area contributed by atoms with Gasteiger partial charge in [-0.15, -0.1) is 0 Å². The lowest BCUT2D eigenvalue weighted by atomic mass is 9.97. The highest BCUT2D eigenvalue weighted by Gasteiger charge is 2.25. The number of nitrogens with one attached hydrogen (secondary N) is 1. The fourth-order valence-electron chi connectivity index (χ4n) is 3.22. The Hall–Kier alpha value is -2.39. The molecule has 0 radical (unpaired) electrons. The van der Waals surface area contributed by atoms with Gasteiger partial charge in [0.2, 0.25) is 10.0 Å². The van der Waals surface area contributed by atoms with E-state index in [2.05, 4.69) is 9.71 Å². The Morgan fingerprint density at radius 1 is 1.25 bits per heavy atom. The molecule has 0 unspecified atom stereocenters. The molecule has 1 N–H and O–H groups in total. The lowest BCUT2D eigenvalue weighted by Crippen LogP contribution is -2.45. The second-order valence-electron chi connectivity index (χ2n) is 7.24. The SMILES string of the molecule is Cc1nc(-c2ccc(S(=O)(=O)NCC3CCN(C(=O)N(C)C)CC3)cc2)co1. The van der Waals surface area contributed by atoms with Crippen LogP contribution in [-0.2, 0) is 10.0 Å². The third-order valence-electron chi connectivity index (χ3n) is 4.91. The van der Waals surface area contributed by atoms with Crippen LogP contribution in [0.25, 0.3) is 11.3 Å². The Morgan fingerprint density at radius 3 is 2.43 bits per heavy atom. The van der Waals surface area contributed by atoms with Crippen LogP contribution in [0, 0.1) is 12.8 Å². The average molecular weight is 407 g/mol. The predicted octanol–water partition coefficient (Wildman–Crippen LogP) is 2.32. The van der Waals surface area contributed by atoms with Crippen molar-refractivity contribution in [2.45, 2.75) is 24.7 Å². The van der Waals surface area contributed by atoms with Gasteiger partial charge >= 0.3 is 6.03 Å². The highest BCUT2D eigenvalue weighted by atomic mass is 32.2. The van der Waals surface area contributed by atoms with Gasteiger partial charge in [-0.05, 0) is 30.9 Å². The normalized spacial score (nSPS) is 15.6. The van der Waals surface area contributed by atoms with Gasteiger partial charge < -0.3 is 14.2 Å². The predicted molar refractivity (Wildman–Crippen MR) is 105 cm³/mol. The Kier molecular flexibility index (Phi) is 6.04. The highest BCUT2D eigenvalue weighted by Crippen LogP contribution is 2.22. The zero-order chi connectivity index (χ0) is 20.3. The molecule has 3 rings (SSSR count). The Bertz CT molecular complexity index is 914. The van der Waals surface area contributed by atoms with Crippen molar-refractivity contribution in [2.75, 3.05) is 33.7 Å². The number of oxazole rings is 1. The number of carbonyl (C=O) groups excluding carboxylic acids is 1. The minimum Gasteiger partial charge on any atom is -0.449 e. The molecular formula is C19H26N4O4S. The summed E-state index contributed by atoms with van der Waals surface area (Å²) in [5.41, 5.74) is 1.47. The average Bonchev–Trinajstić information content (AvgIpc) is 3.12. The lowest BCUT2D eigenvalue weighted by Gasteiger charge is -2.33. The van der Waals surface area contributed by atoms with Crippen LogP contribution in [0.3, 0.4) is 0 Å². The number of benzene rings is 1. The van der Waals surface area contributed by atoms with E-state index in [4.69, 9.17) is 4.42 Å². The number of amides is 2. The molecule has 2 heterocycles. The van der Waals surface area contributed by atoms with E-state index >= 15 is 0 Å². The minimum absolute atomic E-state index is 0.00132. The molecule has 2 amide bonds. The molecule has 1 aromatic heterocycles. The van der Waals surface area contributed by atoms with Crippen LogP contribution >= 0.6 is 0 Å². The second kappa shape index (κ2) is 8.32. The fourth-order valence-corrected chi connectivity index (χ4v) is 4.34. The molecule has 0 saturated carbocycles. The Morgan fingerprint density at radius 2 is 1.89 bits per heavy atom. The summed E-state index contributed by atoms with van der Waals surface area (Å²) < 4.78 is 33.0. The van der Waals surface area contributed by atoms with Crippen LogP contribution in [0.15, 0.2) is 39.8 Å². The maximum absolute atomic E-state index is 12.6. The van der Waals surface area contributed by atoms with Gasteiger partial charge in [0.1, 0.15) is 12.0 Å². The standard InChI is InChI=1S/C19H26N4O4S/c1-14-21-18(13-27-14)16-4-6-17(7-5-16)28(25,26)20-12-15-8-10-23(11-9-15)19(24)22(2)3/h4-7,13,15,20H,8-12H2,1-3H3. The van der Waals surface area contributed by atoms with Crippen molar-refractivity contribution in [3.05, 3.63) is 36.4 Å². The lowest BCUT2D eigenvalue weighted by molar-refractivity contribution is 0.148. The number of likely N-dealkylation sites (tertiary alicyclic amines) is 1. The second-order valence-corrected chi connectivity index (χ2v) is 9.00. The van der Waals surface area contributed by atoms with Crippen molar-refractivity contribution in [1.29, 1.82) is 0 Å². The van der Waals surface area contributed by atoms with Gasteiger partial charge in [-0.3, -0.25) is 0 Å². The zero-order valence-corrected chi connectivity index (χ0v) is 17.2. The number of rotatable bonds is 5. The van der Waals surface area contributed by atoms with Gasteiger partial charge in [-0.2, -0.15) is 0 Å². The van der Waals surface area contributed by atoms with Gasteiger partial charge in [-0.25, -0.2) is 22.9 Å². The molecule has 9 heteroatoms. The first-order chi connectivity index (χ1) is 13.3. The number of urea groups is 1. The summed E-state index contributed by atoms with van der Waals surface area (Å²) in [5.74, 6) is 0.782. The molecule has 1 aromatic carbocycles. The van der Waals surface area contributed by atoms with E-state index in [1.165, 1.54) is 0 Å². The third kappa shape index (κ3) is 4.71. The molecule has 2 aromatic rings. The number of hydrogen-bond donors (Lipinski definition) is 1. The van der Waals surface area contributed by atoms with Gasteiger partial charge in [0, 0.05) is 46.2 Å². The van der Waals surface area contributed by atoms with Crippen molar-refractivity contribution >= 4 is 16.1 Å². The van der Waals surface area contributed by atoms with E-state index < -0.39 is 10.0 Å². The highest BCUT2D eigenvalue weighted by molar-refractivity contribution is 7.89. The first kappa shape index (κ1) is 20.3. The number of aromatic nitrogens is 1. The third-order valence-corrected chi connectivity index (χ3v) is 6.35. The maximum Gasteiger partial charge on any atom is 0.319 e. The number of sulfonamides is 1. The van der Waals surface area contributed by atoms with E-state index in [0.717, 1.165) is 18.4 Å². The number of piperidine rings is 1. The molecule has 1 aliphatic heterocycles. The van der Waals surface area contributed by atoms with Crippen LogP contribution < -0.4 is 4.72 Å². The van der Waals surface area contributed by atoms with Gasteiger partial charge in [-0.1, -0.05) is 12.1 Å². The van der Waals surface area contributed by atoms with Crippen molar-refractivity contribution in [2.24, 2.45) is 5.92 Å². The Balaban J connectivity index is 1.55. The molecule has 0 spiro atoms. The van der Waals surface area contributed by atoms with E-state index in [0.29, 0.717) is 31.2 Å². The summed E-state index contributed by atoms with van der Waals surface area (Å²) in [4.78, 5) is 19.8. The topological polar surface area (TPSA) is 95.8 Å². The molecule has 28 heavy (non-hydrogen) atoms. The molecule has 1 fully saturated rings. The van der Waals surface area contributed by atoms with Crippen molar-refractivity contribution in [3.63, 3.8) is 0 Å². The molecule has 1 aliphatic rings. The monoisotopic (exact) mass is 406 g/mol.